The minimum absolute atomic E-state index is 0.170. The van der Waals surface area contributed by atoms with Gasteiger partial charge in [0.05, 0.1) is 15.5 Å². The summed E-state index contributed by atoms with van der Waals surface area (Å²) in [6.07, 6.45) is 5.83. The van der Waals surface area contributed by atoms with Gasteiger partial charge >= 0.3 is 0 Å². The van der Waals surface area contributed by atoms with E-state index in [4.69, 9.17) is 0 Å². The standard InChI is InChI=1S/C20H25N5O2S2/c1-13-10-14(26)6-7-16(13)23-20-24-18(27)17(29-20)11-15-12-22-19(28-15)21-8-4-5-9-25(2)3/h6-7,10-12,26H,4-5,8-9H2,1-3H3,(H,21,22)(H,23,24,27)/b17-11-. The van der Waals surface area contributed by atoms with E-state index in [0.29, 0.717) is 15.8 Å². The number of hydrogen-bond donors (Lipinski definition) is 3. The molecule has 0 spiro atoms. The number of thioether (sulfide) groups is 1. The lowest BCUT2D eigenvalue weighted by Crippen LogP contribution is -2.19. The van der Waals surface area contributed by atoms with Gasteiger partial charge in [-0.3, -0.25) is 4.79 Å². The third-order valence-corrected chi connectivity index (χ3v) is 5.97. The van der Waals surface area contributed by atoms with E-state index in [2.05, 4.69) is 39.6 Å². The van der Waals surface area contributed by atoms with Gasteiger partial charge < -0.3 is 20.6 Å². The fourth-order valence-corrected chi connectivity index (χ4v) is 4.35. The summed E-state index contributed by atoms with van der Waals surface area (Å²) >= 11 is 2.82. The Bertz CT molecular complexity index is 937. The van der Waals surface area contributed by atoms with Crippen LogP contribution in [0.1, 0.15) is 23.3 Å². The van der Waals surface area contributed by atoms with Crippen LogP contribution in [0, 0.1) is 6.92 Å². The predicted molar refractivity (Wildman–Crippen MR) is 122 cm³/mol. The number of nitrogens with zero attached hydrogens (tertiary/aromatic N) is 3. The molecule has 0 bridgehead atoms. The van der Waals surface area contributed by atoms with Crippen LogP contribution < -0.4 is 10.6 Å². The van der Waals surface area contributed by atoms with E-state index >= 15 is 0 Å². The molecular weight excluding hydrogens is 406 g/mol. The van der Waals surface area contributed by atoms with Crippen molar-refractivity contribution in [2.75, 3.05) is 32.5 Å². The number of carbonyl (C=O) groups is 1. The van der Waals surface area contributed by atoms with Crippen LogP contribution >= 0.6 is 23.1 Å². The van der Waals surface area contributed by atoms with Gasteiger partial charge in [-0.2, -0.15) is 0 Å². The van der Waals surface area contributed by atoms with Gasteiger partial charge in [0, 0.05) is 12.7 Å². The first-order valence-corrected chi connectivity index (χ1v) is 11.0. The third kappa shape index (κ3) is 6.31. The number of phenols is 1. The van der Waals surface area contributed by atoms with Gasteiger partial charge in [-0.1, -0.05) is 11.3 Å². The van der Waals surface area contributed by atoms with Crippen molar-refractivity contribution in [1.29, 1.82) is 0 Å². The third-order valence-electron chi connectivity index (χ3n) is 4.16. The normalized spacial score (nSPS) is 16.8. The highest BCUT2D eigenvalue weighted by Crippen LogP contribution is 2.31. The number of aromatic hydroxyl groups is 1. The maximum Gasteiger partial charge on any atom is 0.264 e. The molecule has 1 aliphatic heterocycles. The number of anilines is 1. The van der Waals surface area contributed by atoms with E-state index in [-0.39, 0.29) is 11.7 Å². The summed E-state index contributed by atoms with van der Waals surface area (Å²) in [7, 11) is 4.15. The Morgan fingerprint density at radius 1 is 1.34 bits per heavy atom. The van der Waals surface area contributed by atoms with Gasteiger partial charge in [0.2, 0.25) is 0 Å². The Labute approximate surface area is 179 Å². The molecule has 3 N–H and O–H groups in total. The second-order valence-electron chi connectivity index (χ2n) is 6.96. The molecule has 0 aliphatic carbocycles. The minimum Gasteiger partial charge on any atom is -0.508 e. The smallest absolute Gasteiger partial charge is 0.264 e. The molecule has 3 rings (SSSR count). The molecule has 1 fully saturated rings. The molecule has 7 nitrogen and oxygen atoms in total. The van der Waals surface area contributed by atoms with Gasteiger partial charge in [0.1, 0.15) is 5.75 Å². The number of unbranched alkanes of at least 4 members (excludes halogenated alkanes) is 1. The predicted octanol–water partition coefficient (Wildman–Crippen LogP) is 3.80. The molecule has 2 aromatic rings. The molecule has 0 unspecified atom stereocenters. The van der Waals surface area contributed by atoms with Crippen LogP contribution in [-0.2, 0) is 4.79 Å². The van der Waals surface area contributed by atoms with Crippen molar-refractivity contribution in [2.45, 2.75) is 19.8 Å². The lowest BCUT2D eigenvalue weighted by atomic mass is 10.2. The number of phenolic OH excluding ortho intramolecular Hbond substituents is 1. The number of aliphatic imine (C=N–C) groups is 1. The van der Waals surface area contributed by atoms with Crippen LogP contribution in [-0.4, -0.2) is 53.3 Å². The van der Waals surface area contributed by atoms with Gasteiger partial charge in [0.25, 0.3) is 5.91 Å². The first kappa shape index (κ1) is 21.4. The minimum atomic E-state index is -0.170. The number of rotatable bonds is 8. The van der Waals surface area contributed by atoms with Crippen LogP contribution in [0.3, 0.4) is 0 Å². The lowest BCUT2D eigenvalue weighted by Gasteiger charge is -2.08. The van der Waals surface area contributed by atoms with Crippen LogP contribution in [0.15, 0.2) is 34.3 Å². The number of aryl methyl sites for hydroxylation is 1. The van der Waals surface area contributed by atoms with Gasteiger partial charge in [-0.25, -0.2) is 9.98 Å². The second kappa shape index (κ2) is 9.91. The number of nitrogens with one attached hydrogen (secondary N) is 2. The molecule has 0 saturated carbocycles. The van der Waals surface area contributed by atoms with E-state index in [9.17, 15) is 9.90 Å². The zero-order valence-corrected chi connectivity index (χ0v) is 18.4. The van der Waals surface area contributed by atoms with Gasteiger partial charge in [0.15, 0.2) is 10.3 Å². The molecule has 0 atom stereocenters. The number of aromatic nitrogens is 1. The van der Waals surface area contributed by atoms with E-state index in [1.54, 1.807) is 24.4 Å². The summed E-state index contributed by atoms with van der Waals surface area (Å²) in [6, 6.07) is 4.95. The first-order valence-electron chi connectivity index (χ1n) is 9.34. The summed E-state index contributed by atoms with van der Waals surface area (Å²) < 4.78 is 0. The topological polar surface area (TPSA) is 89.9 Å². The highest BCUT2D eigenvalue weighted by atomic mass is 32.2. The Kier molecular flexibility index (Phi) is 7.29. The molecule has 0 radical (unpaired) electrons. The summed E-state index contributed by atoms with van der Waals surface area (Å²) in [5.74, 6) is 0.0271. The summed E-state index contributed by atoms with van der Waals surface area (Å²) in [6.45, 7) is 3.83. The molecule has 154 valence electrons. The van der Waals surface area contributed by atoms with E-state index in [1.807, 2.05) is 13.0 Å². The van der Waals surface area contributed by atoms with Crippen molar-refractivity contribution in [3.63, 3.8) is 0 Å². The summed E-state index contributed by atoms with van der Waals surface area (Å²) in [4.78, 5) is 24.8. The number of hydrogen-bond acceptors (Lipinski definition) is 8. The SMILES string of the molecule is Cc1cc(O)ccc1N=C1NC(=O)/C(=C/c2cnc(NCCCCN(C)C)s2)S1. The van der Waals surface area contributed by atoms with Crippen LogP contribution in [0.25, 0.3) is 6.08 Å². The average Bonchev–Trinajstić information content (AvgIpc) is 3.24. The molecule has 1 aromatic heterocycles. The van der Waals surface area contributed by atoms with E-state index in [0.717, 1.165) is 41.5 Å². The van der Waals surface area contributed by atoms with Crippen LogP contribution in [0.5, 0.6) is 5.75 Å². The molecular formula is C20H25N5O2S2. The largest absolute Gasteiger partial charge is 0.508 e. The molecule has 1 aromatic carbocycles. The Balaban J connectivity index is 1.59. The van der Waals surface area contributed by atoms with Crippen molar-refractivity contribution >= 4 is 51.1 Å². The van der Waals surface area contributed by atoms with Gasteiger partial charge in [-0.05, 0) is 82.0 Å². The van der Waals surface area contributed by atoms with Crippen molar-refractivity contribution in [3.8, 4) is 5.75 Å². The maximum atomic E-state index is 12.3. The fourth-order valence-electron chi connectivity index (χ4n) is 2.67. The molecule has 1 amide bonds. The van der Waals surface area contributed by atoms with Crippen molar-refractivity contribution < 1.29 is 9.90 Å². The van der Waals surface area contributed by atoms with Crippen molar-refractivity contribution in [3.05, 3.63) is 39.7 Å². The van der Waals surface area contributed by atoms with E-state index in [1.165, 1.54) is 23.1 Å². The number of carbonyl (C=O) groups excluding carboxylic acids is 1. The maximum absolute atomic E-state index is 12.3. The molecule has 2 heterocycles. The molecule has 29 heavy (non-hydrogen) atoms. The second-order valence-corrected chi connectivity index (χ2v) is 9.05. The fraction of sp³-hybridized carbons (Fsp3) is 0.350. The van der Waals surface area contributed by atoms with E-state index < -0.39 is 0 Å². The van der Waals surface area contributed by atoms with Gasteiger partial charge in [-0.15, -0.1) is 0 Å². The monoisotopic (exact) mass is 431 g/mol. The highest BCUT2D eigenvalue weighted by Gasteiger charge is 2.24. The van der Waals surface area contributed by atoms with Crippen LogP contribution in [0.2, 0.25) is 0 Å². The number of amides is 1. The lowest BCUT2D eigenvalue weighted by molar-refractivity contribution is -0.115. The van der Waals surface area contributed by atoms with Crippen molar-refractivity contribution in [1.82, 2.24) is 15.2 Å². The zero-order chi connectivity index (χ0) is 20.8. The number of thiazole rings is 1. The molecule has 1 aliphatic rings. The molecule has 9 heteroatoms. The summed E-state index contributed by atoms with van der Waals surface area (Å²) in [5.41, 5.74) is 1.55. The zero-order valence-electron chi connectivity index (χ0n) is 16.7. The van der Waals surface area contributed by atoms with Crippen molar-refractivity contribution in [2.24, 2.45) is 4.99 Å². The Morgan fingerprint density at radius 2 is 2.17 bits per heavy atom. The quantitative estimate of drug-likeness (QED) is 0.435. The molecule has 1 saturated heterocycles. The first-order chi connectivity index (χ1) is 13.9. The van der Waals surface area contributed by atoms with Crippen LogP contribution in [0.4, 0.5) is 10.8 Å². The highest BCUT2D eigenvalue weighted by molar-refractivity contribution is 8.18. The Morgan fingerprint density at radius 3 is 2.93 bits per heavy atom. The number of amidine groups is 1. The number of benzene rings is 1. The average molecular weight is 432 g/mol. The Hall–Kier alpha value is -2.36. The summed E-state index contributed by atoms with van der Waals surface area (Å²) in [5, 5.41) is 17.0.